The molecular weight excluding hydrogens is 314 g/mol. The molecule has 0 saturated carbocycles. The molecular formula is C16H25N3O3S. The van der Waals surface area contributed by atoms with Gasteiger partial charge in [-0.15, -0.1) is 0 Å². The van der Waals surface area contributed by atoms with Crippen LogP contribution in [0.25, 0.3) is 0 Å². The third-order valence-corrected chi connectivity index (χ3v) is 5.60. The lowest BCUT2D eigenvalue weighted by Crippen LogP contribution is -2.50. The predicted molar refractivity (Wildman–Crippen MR) is 89.8 cm³/mol. The molecule has 1 fully saturated rings. The van der Waals surface area contributed by atoms with Gasteiger partial charge < -0.3 is 10.6 Å². The van der Waals surface area contributed by atoms with Crippen LogP contribution in [0.4, 0.5) is 0 Å². The molecule has 23 heavy (non-hydrogen) atoms. The van der Waals surface area contributed by atoms with Gasteiger partial charge in [0.05, 0.1) is 4.90 Å². The van der Waals surface area contributed by atoms with E-state index in [-0.39, 0.29) is 22.9 Å². The van der Waals surface area contributed by atoms with Crippen molar-refractivity contribution in [2.45, 2.75) is 44.2 Å². The summed E-state index contributed by atoms with van der Waals surface area (Å²) < 4.78 is 26.9. The lowest BCUT2D eigenvalue weighted by Gasteiger charge is -2.30. The van der Waals surface area contributed by atoms with Crippen LogP contribution in [0, 0.1) is 5.92 Å². The maximum Gasteiger partial charge on any atom is 0.251 e. The Hall–Kier alpha value is -1.44. The van der Waals surface area contributed by atoms with Crippen molar-refractivity contribution in [3.63, 3.8) is 0 Å². The molecule has 2 rings (SSSR count). The third kappa shape index (κ3) is 4.76. The quantitative estimate of drug-likeness (QED) is 0.750. The Bertz CT molecular complexity index is 658. The van der Waals surface area contributed by atoms with E-state index in [9.17, 15) is 13.2 Å². The highest BCUT2D eigenvalue weighted by Gasteiger charge is 2.24. The molecule has 0 bridgehead atoms. The Kier molecular flexibility index (Phi) is 5.78. The molecule has 0 radical (unpaired) electrons. The molecule has 1 aliphatic rings. The summed E-state index contributed by atoms with van der Waals surface area (Å²) in [6, 6.07) is 5.99. The Morgan fingerprint density at radius 1 is 1.35 bits per heavy atom. The van der Waals surface area contributed by atoms with Crippen molar-refractivity contribution in [2.75, 3.05) is 13.1 Å². The highest BCUT2D eigenvalue weighted by atomic mass is 32.2. The summed E-state index contributed by atoms with van der Waals surface area (Å²) in [6.07, 6.45) is 1.01. The SMILES string of the molecule is CC(C)NS(=O)(=O)c1cccc(C(=O)NC2CNCCC2C)c1. The Morgan fingerprint density at radius 2 is 2.09 bits per heavy atom. The van der Waals surface area contributed by atoms with E-state index in [1.807, 2.05) is 0 Å². The van der Waals surface area contributed by atoms with Crippen LogP contribution in [-0.2, 0) is 10.0 Å². The fourth-order valence-corrected chi connectivity index (χ4v) is 3.91. The summed E-state index contributed by atoms with van der Waals surface area (Å²) in [5, 5.41) is 6.25. The van der Waals surface area contributed by atoms with Crippen LogP contribution in [0.15, 0.2) is 29.2 Å². The molecule has 6 nitrogen and oxygen atoms in total. The Morgan fingerprint density at radius 3 is 2.74 bits per heavy atom. The minimum Gasteiger partial charge on any atom is -0.348 e. The second kappa shape index (κ2) is 7.42. The van der Waals surface area contributed by atoms with E-state index in [2.05, 4.69) is 22.3 Å². The summed E-state index contributed by atoms with van der Waals surface area (Å²) in [7, 11) is -3.60. The average molecular weight is 339 g/mol. The topological polar surface area (TPSA) is 87.3 Å². The molecule has 7 heteroatoms. The van der Waals surface area contributed by atoms with E-state index in [4.69, 9.17) is 0 Å². The van der Waals surface area contributed by atoms with Crippen LogP contribution < -0.4 is 15.4 Å². The number of rotatable bonds is 5. The first-order valence-electron chi connectivity index (χ1n) is 7.93. The average Bonchev–Trinajstić information content (AvgIpc) is 2.48. The van der Waals surface area contributed by atoms with Crippen LogP contribution in [0.2, 0.25) is 0 Å². The zero-order chi connectivity index (χ0) is 17.0. The zero-order valence-corrected chi connectivity index (χ0v) is 14.6. The van der Waals surface area contributed by atoms with Crippen molar-refractivity contribution in [3.8, 4) is 0 Å². The van der Waals surface area contributed by atoms with Crippen LogP contribution in [0.1, 0.15) is 37.6 Å². The van der Waals surface area contributed by atoms with Gasteiger partial charge in [0.15, 0.2) is 0 Å². The molecule has 1 aromatic carbocycles. The smallest absolute Gasteiger partial charge is 0.251 e. The van der Waals surface area contributed by atoms with Gasteiger partial charge >= 0.3 is 0 Å². The Balaban J connectivity index is 2.14. The van der Waals surface area contributed by atoms with Crippen LogP contribution in [0.5, 0.6) is 0 Å². The van der Waals surface area contributed by atoms with Gasteiger partial charge in [-0.2, -0.15) is 0 Å². The van der Waals surface area contributed by atoms with Gasteiger partial charge in [0.25, 0.3) is 5.91 Å². The van der Waals surface area contributed by atoms with E-state index < -0.39 is 10.0 Å². The lowest BCUT2D eigenvalue weighted by atomic mass is 9.94. The first-order valence-corrected chi connectivity index (χ1v) is 9.42. The largest absolute Gasteiger partial charge is 0.348 e. The fraction of sp³-hybridized carbons (Fsp3) is 0.562. The van der Waals surface area contributed by atoms with Gasteiger partial charge in [-0.25, -0.2) is 13.1 Å². The summed E-state index contributed by atoms with van der Waals surface area (Å²) in [6.45, 7) is 7.32. The highest BCUT2D eigenvalue weighted by molar-refractivity contribution is 7.89. The fourth-order valence-electron chi connectivity index (χ4n) is 2.62. The van der Waals surface area contributed by atoms with Gasteiger partial charge in [0.1, 0.15) is 0 Å². The molecule has 1 aromatic rings. The minimum absolute atomic E-state index is 0.0605. The van der Waals surface area contributed by atoms with Gasteiger partial charge in [0.2, 0.25) is 10.0 Å². The number of piperidine rings is 1. The molecule has 128 valence electrons. The second-order valence-corrected chi connectivity index (χ2v) is 8.07. The molecule has 0 spiro atoms. The van der Waals surface area contributed by atoms with Crippen LogP contribution >= 0.6 is 0 Å². The molecule has 2 unspecified atom stereocenters. The predicted octanol–water partition coefficient (Wildman–Crippen LogP) is 1.10. The van der Waals surface area contributed by atoms with Gasteiger partial charge in [-0.1, -0.05) is 13.0 Å². The lowest BCUT2D eigenvalue weighted by molar-refractivity contribution is 0.0915. The van der Waals surface area contributed by atoms with E-state index >= 15 is 0 Å². The summed E-state index contributed by atoms with van der Waals surface area (Å²) >= 11 is 0. The standard InChI is InChI=1S/C16H25N3O3S/c1-11(2)19-23(21,22)14-6-4-5-13(9-14)16(20)18-15-10-17-8-7-12(15)3/h4-6,9,11-12,15,17,19H,7-8,10H2,1-3H3,(H,18,20). The molecule has 1 aliphatic heterocycles. The van der Waals surface area contributed by atoms with Crippen molar-refractivity contribution in [1.82, 2.24) is 15.4 Å². The number of hydrogen-bond acceptors (Lipinski definition) is 4. The van der Waals surface area contributed by atoms with Gasteiger partial charge in [0, 0.05) is 24.2 Å². The normalized spacial score (nSPS) is 22.1. The maximum atomic E-state index is 12.4. The molecule has 0 aromatic heterocycles. The summed E-state index contributed by atoms with van der Waals surface area (Å²) in [4.78, 5) is 12.5. The van der Waals surface area contributed by atoms with E-state index in [1.165, 1.54) is 12.1 Å². The molecule has 1 heterocycles. The number of carbonyl (C=O) groups excluding carboxylic acids is 1. The molecule has 2 atom stereocenters. The summed E-state index contributed by atoms with van der Waals surface area (Å²) in [5.41, 5.74) is 0.356. The minimum atomic E-state index is -3.60. The number of nitrogens with one attached hydrogen (secondary N) is 3. The van der Waals surface area contributed by atoms with Crippen molar-refractivity contribution >= 4 is 15.9 Å². The highest BCUT2D eigenvalue weighted by Crippen LogP contribution is 2.15. The molecule has 1 amide bonds. The Labute approximate surface area is 138 Å². The maximum absolute atomic E-state index is 12.4. The first kappa shape index (κ1) is 17.9. The third-order valence-electron chi connectivity index (χ3n) is 3.94. The number of hydrogen-bond donors (Lipinski definition) is 3. The van der Waals surface area contributed by atoms with Gasteiger partial charge in [-0.05, 0) is 50.9 Å². The second-order valence-electron chi connectivity index (χ2n) is 6.35. The summed E-state index contributed by atoms with van der Waals surface area (Å²) in [5.74, 6) is 0.155. The van der Waals surface area contributed by atoms with Crippen molar-refractivity contribution in [2.24, 2.45) is 5.92 Å². The van der Waals surface area contributed by atoms with E-state index in [1.54, 1.807) is 26.0 Å². The molecule has 0 aliphatic carbocycles. The van der Waals surface area contributed by atoms with Crippen molar-refractivity contribution in [1.29, 1.82) is 0 Å². The zero-order valence-electron chi connectivity index (χ0n) is 13.8. The number of sulfonamides is 1. The number of amides is 1. The molecule has 1 saturated heterocycles. The van der Waals surface area contributed by atoms with Crippen LogP contribution in [0.3, 0.4) is 0 Å². The first-order chi connectivity index (χ1) is 10.8. The van der Waals surface area contributed by atoms with Crippen LogP contribution in [-0.4, -0.2) is 39.5 Å². The monoisotopic (exact) mass is 339 g/mol. The number of benzene rings is 1. The van der Waals surface area contributed by atoms with E-state index in [0.717, 1.165) is 19.5 Å². The van der Waals surface area contributed by atoms with Crippen molar-refractivity contribution in [3.05, 3.63) is 29.8 Å². The number of carbonyl (C=O) groups is 1. The molecule has 3 N–H and O–H groups in total. The van der Waals surface area contributed by atoms with Gasteiger partial charge in [-0.3, -0.25) is 4.79 Å². The van der Waals surface area contributed by atoms with E-state index in [0.29, 0.717) is 11.5 Å². The van der Waals surface area contributed by atoms with Crippen molar-refractivity contribution < 1.29 is 13.2 Å².